The van der Waals surface area contributed by atoms with Gasteiger partial charge in [-0.25, -0.2) is 4.39 Å². The summed E-state index contributed by atoms with van der Waals surface area (Å²) in [5.41, 5.74) is 6.61. The third kappa shape index (κ3) is 0.975. The highest BCUT2D eigenvalue weighted by Crippen LogP contribution is 2.29. The van der Waals surface area contributed by atoms with Gasteiger partial charge >= 0.3 is 0 Å². The van der Waals surface area contributed by atoms with Gasteiger partial charge in [-0.15, -0.1) is 0 Å². The summed E-state index contributed by atoms with van der Waals surface area (Å²) in [5.74, 6) is 0.484. The van der Waals surface area contributed by atoms with E-state index in [1.807, 2.05) is 0 Å². The summed E-state index contributed by atoms with van der Waals surface area (Å²) in [6.07, 6.45) is 0.662. The van der Waals surface area contributed by atoms with E-state index in [0.717, 1.165) is 0 Å². The predicted octanol–water partition coefficient (Wildman–Crippen LogP) is 1.22. The zero-order valence-corrected chi connectivity index (χ0v) is 6.64. The Morgan fingerprint density at radius 1 is 1.50 bits per heavy atom. The second kappa shape index (κ2) is 2.75. The minimum Gasteiger partial charge on any atom is -0.493 e. The lowest BCUT2D eigenvalue weighted by Crippen LogP contribution is -2.01. The first kappa shape index (κ1) is 7.55. The molecule has 2 nitrogen and oxygen atoms in total. The molecule has 2 rings (SSSR count). The van der Waals surface area contributed by atoms with Crippen molar-refractivity contribution in [2.75, 3.05) is 6.61 Å². The monoisotopic (exact) mass is 167 g/mol. The van der Waals surface area contributed by atoms with E-state index in [4.69, 9.17) is 10.5 Å². The van der Waals surface area contributed by atoms with Crippen LogP contribution in [0.3, 0.4) is 0 Å². The average molecular weight is 167 g/mol. The van der Waals surface area contributed by atoms with Gasteiger partial charge in [0.2, 0.25) is 0 Å². The van der Waals surface area contributed by atoms with Gasteiger partial charge in [0.15, 0.2) is 0 Å². The quantitative estimate of drug-likeness (QED) is 0.682. The minimum atomic E-state index is -0.187. The molecule has 1 aromatic rings. The Morgan fingerprint density at radius 3 is 3.08 bits per heavy atom. The van der Waals surface area contributed by atoms with Gasteiger partial charge in [-0.1, -0.05) is 6.07 Å². The summed E-state index contributed by atoms with van der Waals surface area (Å²) in [5, 5.41) is 0. The van der Waals surface area contributed by atoms with Crippen molar-refractivity contribution < 1.29 is 9.13 Å². The molecular formula is C9H10FNO. The van der Waals surface area contributed by atoms with Crippen molar-refractivity contribution in [1.29, 1.82) is 0 Å². The SMILES string of the molecule is NCc1ccc2c(c1F)CCO2. The number of benzene rings is 1. The molecular weight excluding hydrogens is 157 g/mol. The van der Waals surface area contributed by atoms with Gasteiger partial charge in [0.25, 0.3) is 0 Å². The number of hydrogen-bond acceptors (Lipinski definition) is 2. The smallest absolute Gasteiger partial charge is 0.134 e. The van der Waals surface area contributed by atoms with Crippen LogP contribution in [0.2, 0.25) is 0 Å². The van der Waals surface area contributed by atoms with E-state index in [1.165, 1.54) is 0 Å². The van der Waals surface area contributed by atoms with Gasteiger partial charge in [0.05, 0.1) is 6.61 Å². The number of hydrogen-bond donors (Lipinski definition) is 1. The van der Waals surface area contributed by atoms with E-state index in [9.17, 15) is 4.39 Å². The van der Waals surface area contributed by atoms with Crippen LogP contribution >= 0.6 is 0 Å². The van der Waals surface area contributed by atoms with Crippen LogP contribution in [0.25, 0.3) is 0 Å². The Labute approximate surface area is 70.1 Å². The maximum atomic E-state index is 13.4. The lowest BCUT2D eigenvalue weighted by molar-refractivity contribution is 0.356. The number of halogens is 1. The molecule has 1 aliphatic heterocycles. The molecule has 0 saturated heterocycles. The fraction of sp³-hybridized carbons (Fsp3) is 0.333. The van der Waals surface area contributed by atoms with Crippen molar-refractivity contribution in [3.05, 3.63) is 29.1 Å². The summed E-state index contributed by atoms with van der Waals surface area (Å²) >= 11 is 0. The molecule has 0 unspecified atom stereocenters. The maximum Gasteiger partial charge on any atom is 0.134 e. The summed E-state index contributed by atoms with van der Waals surface area (Å²) < 4.78 is 18.6. The Hall–Kier alpha value is -1.09. The molecule has 0 atom stereocenters. The van der Waals surface area contributed by atoms with Crippen molar-refractivity contribution in [3.8, 4) is 5.75 Å². The molecule has 0 aromatic heterocycles. The fourth-order valence-electron chi connectivity index (χ4n) is 1.44. The molecule has 0 amide bonds. The second-order valence-electron chi connectivity index (χ2n) is 2.82. The highest BCUT2D eigenvalue weighted by atomic mass is 19.1. The zero-order valence-electron chi connectivity index (χ0n) is 6.64. The lowest BCUT2D eigenvalue weighted by Gasteiger charge is -2.03. The summed E-state index contributed by atoms with van der Waals surface area (Å²) in [4.78, 5) is 0. The summed E-state index contributed by atoms with van der Waals surface area (Å²) in [6, 6.07) is 3.47. The van der Waals surface area contributed by atoms with Crippen molar-refractivity contribution in [2.45, 2.75) is 13.0 Å². The third-order valence-corrected chi connectivity index (χ3v) is 2.11. The van der Waals surface area contributed by atoms with Crippen LogP contribution in [0.5, 0.6) is 5.75 Å². The Balaban J connectivity index is 2.54. The Morgan fingerprint density at radius 2 is 2.33 bits per heavy atom. The van der Waals surface area contributed by atoms with Crippen LogP contribution in [0.15, 0.2) is 12.1 Å². The molecule has 0 bridgehead atoms. The molecule has 0 spiro atoms. The number of fused-ring (bicyclic) bond motifs is 1. The molecule has 3 heteroatoms. The van der Waals surface area contributed by atoms with Crippen LogP contribution in [0, 0.1) is 5.82 Å². The van der Waals surface area contributed by atoms with Crippen molar-refractivity contribution in [3.63, 3.8) is 0 Å². The van der Waals surface area contributed by atoms with Crippen LogP contribution < -0.4 is 10.5 Å². The van der Waals surface area contributed by atoms with Gasteiger partial charge in [0.1, 0.15) is 11.6 Å². The maximum absolute atomic E-state index is 13.4. The molecule has 0 radical (unpaired) electrons. The van der Waals surface area contributed by atoms with Crippen molar-refractivity contribution >= 4 is 0 Å². The van der Waals surface area contributed by atoms with Gasteiger partial charge in [0, 0.05) is 24.1 Å². The average Bonchev–Trinajstić information content (AvgIpc) is 2.53. The van der Waals surface area contributed by atoms with Crippen LogP contribution in [0.4, 0.5) is 4.39 Å². The fourth-order valence-corrected chi connectivity index (χ4v) is 1.44. The highest BCUT2D eigenvalue weighted by Gasteiger charge is 2.18. The van der Waals surface area contributed by atoms with E-state index in [2.05, 4.69) is 0 Å². The first-order valence-electron chi connectivity index (χ1n) is 3.96. The van der Waals surface area contributed by atoms with Crippen molar-refractivity contribution in [1.82, 2.24) is 0 Å². The topological polar surface area (TPSA) is 35.2 Å². The molecule has 64 valence electrons. The highest BCUT2D eigenvalue weighted by molar-refractivity contribution is 5.41. The molecule has 2 N–H and O–H groups in total. The van der Waals surface area contributed by atoms with E-state index >= 15 is 0 Å². The van der Waals surface area contributed by atoms with E-state index in [1.54, 1.807) is 12.1 Å². The second-order valence-corrected chi connectivity index (χ2v) is 2.82. The Bertz CT molecular complexity index is 312. The molecule has 1 aromatic carbocycles. The van der Waals surface area contributed by atoms with Crippen LogP contribution in [0.1, 0.15) is 11.1 Å². The zero-order chi connectivity index (χ0) is 8.55. The van der Waals surface area contributed by atoms with Gasteiger partial charge in [-0.2, -0.15) is 0 Å². The first-order valence-corrected chi connectivity index (χ1v) is 3.96. The molecule has 1 aliphatic rings. The van der Waals surface area contributed by atoms with Crippen molar-refractivity contribution in [2.24, 2.45) is 5.73 Å². The largest absolute Gasteiger partial charge is 0.493 e. The van der Waals surface area contributed by atoms with Gasteiger partial charge in [-0.3, -0.25) is 0 Å². The third-order valence-electron chi connectivity index (χ3n) is 2.11. The minimum absolute atomic E-state index is 0.187. The van der Waals surface area contributed by atoms with Crippen LogP contribution in [-0.4, -0.2) is 6.61 Å². The van der Waals surface area contributed by atoms with Gasteiger partial charge in [-0.05, 0) is 6.07 Å². The normalized spacial score (nSPS) is 14.2. The number of rotatable bonds is 1. The predicted molar refractivity (Wildman–Crippen MR) is 43.5 cm³/mol. The summed E-state index contributed by atoms with van der Waals surface area (Å²) in [7, 11) is 0. The molecule has 0 fully saturated rings. The number of ether oxygens (including phenoxy) is 1. The van der Waals surface area contributed by atoms with Crippen LogP contribution in [-0.2, 0) is 13.0 Å². The molecule has 0 aliphatic carbocycles. The van der Waals surface area contributed by atoms with E-state index in [0.29, 0.717) is 29.9 Å². The summed E-state index contributed by atoms with van der Waals surface area (Å²) in [6.45, 7) is 0.833. The number of nitrogens with two attached hydrogens (primary N) is 1. The van der Waals surface area contributed by atoms with Gasteiger partial charge < -0.3 is 10.5 Å². The molecule has 0 saturated carbocycles. The van der Waals surface area contributed by atoms with E-state index < -0.39 is 0 Å². The van der Waals surface area contributed by atoms with E-state index in [-0.39, 0.29) is 12.4 Å². The molecule has 1 heterocycles. The molecule has 12 heavy (non-hydrogen) atoms. The lowest BCUT2D eigenvalue weighted by atomic mass is 10.1. The standard InChI is InChI=1S/C9H10FNO/c10-9-6(5-11)1-2-8-7(9)3-4-12-8/h1-2H,3-5,11H2. The first-order chi connectivity index (χ1) is 5.83. The Kier molecular flexibility index (Phi) is 1.73.